The molecule has 6 heteroatoms. The first-order valence-corrected chi connectivity index (χ1v) is 17.0. The van der Waals surface area contributed by atoms with Gasteiger partial charge in [0.25, 0.3) is 0 Å². The monoisotopic (exact) mass is 825 g/mol. The second-order valence-corrected chi connectivity index (χ2v) is 13.9. The van der Waals surface area contributed by atoms with Crippen molar-refractivity contribution < 1.29 is 25.8 Å². The first-order chi connectivity index (χ1) is 23.2. The first-order valence-electron chi connectivity index (χ1n) is 17.0. The number of para-hydroxylation sites is 1. The molecule has 0 amide bonds. The van der Waals surface area contributed by atoms with E-state index >= 15 is 0 Å². The van der Waals surface area contributed by atoms with E-state index < -0.39 is 0 Å². The van der Waals surface area contributed by atoms with Crippen molar-refractivity contribution in [3.63, 3.8) is 0 Å². The van der Waals surface area contributed by atoms with Crippen LogP contribution in [-0.2, 0) is 33.9 Å². The van der Waals surface area contributed by atoms with Gasteiger partial charge in [0.15, 0.2) is 0 Å². The Morgan fingerprint density at radius 1 is 0.735 bits per heavy atom. The van der Waals surface area contributed by atoms with Gasteiger partial charge in [-0.25, -0.2) is 4.98 Å². The van der Waals surface area contributed by atoms with Gasteiger partial charge in [0, 0.05) is 35.0 Å². The van der Waals surface area contributed by atoms with Crippen LogP contribution in [-0.4, -0.2) is 19.3 Å². The van der Waals surface area contributed by atoms with Crippen molar-refractivity contribution in [2.45, 2.75) is 60.3 Å². The maximum Gasteiger partial charge on any atom is 2.00 e. The summed E-state index contributed by atoms with van der Waals surface area (Å²) in [6.45, 7) is 13.5. The van der Waals surface area contributed by atoms with E-state index in [9.17, 15) is 0 Å². The van der Waals surface area contributed by atoms with Gasteiger partial charge < -0.3 is 9.30 Å². The Kier molecular flexibility index (Phi) is 10.2. The molecule has 0 bridgehead atoms. The minimum Gasteiger partial charge on any atom is -0.509 e. The molecule has 0 aliphatic heterocycles. The predicted octanol–water partition coefficient (Wildman–Crippen LogP) is 10.9. The van der Waals surface area contributed by atoms with Gasteiger partial charge in [-0.3, -0.25) is 4.68 Å². The third-order valence-electron chi connectivity index (χ3n) is 8.81. The Balaban J connectivity index is 0.00000417. The number of fused-ring (bicyclic) bond motifs is 3. The Morgan fingerprint density at radius 3 is 2.18 bits per heavy atom. The van der Waals surface area contributed by atoms with Crippen LogP contribution in [0.4, 0.5) is 0 Å². The SMILES string of the molecule is CC(C)Cc1cccc(CC(C)C)c1-c1cnn(-c2[c-]c(Oc3[c-]c4c(cc3)c3ccccc3n4-c3cc(C(C)C)ccn3)ccc2)c1.[Pt+2]. The van der Waals surface area contributed by atoms with Crippen molar-refractivity contribution >= 4 is 21.8 Å². The standard InChI is InChI=1S/C43H42N4O.Pt/c1-28(2)21-32-11-9-12-33(22-29(3)4)43(32)34-26-45-46(27-34)35-13-10-14-36(24-35)48-37-17-18-39-38-15-7-8-16-40(38)47(41(39)25-37)42-23-31(30(5)6)19-20-44-42;/h7-20,23,26-30H,21-22H2,1-6H3;/q-2;+2. The van der Waals surface area contributed by atoms with E-state index in [4.69, 9.17) is 14.8 Å². The summed E-state index contributed by atoms with van der Waals surface area (Å²) in [4.78, 5) is 4.77. The quantitative estimate of drug-likeness (QED) is 0.129. The maximum atomic E-state index is 6.43. The molecule has 0 aliphatic carbocycles. The summed E-state index contributed by atoms with van der Waals surface area (Å²) in [5.41, 5.74) is 9.25. The normalized spacial score (nSPS) is 11.6. The van der Waals surface area contributed by atoms with Gasteiger partial charge in [-0.15, -0.1) is 35.7 Å². The molecule has 0 atom stereocenters. The number of ether oxygens (including phenoxy) is 1. The van der Waals surface area contributed by atoms with Crippen LogP contribution in [0.3, 0.4) is 0 Å². The van der Waals surface area contributed by atoms with Crippen LogP contribution in [0.25, 0.3) is 44.4 Å². The molecule has 4 aromatic carbocycles. The van der Waals surface area contributed by atoms with E-state index in [0.717, 1.165) is 51.7 Å². The van der Waals surface area contributed by atoms with E-state index in [1.54, 1.807) is 0 Å². The molecule has 0 spiro atoms. The molecule has 0 N–H and O–H groups in total. The van der Waals surface area contributed by atoms with Crippen LogP contribution in [0.15, 0.2) is 104 Å². The molecule has 0 radical (unpaired) electrons. The fraction of sp³-hybridized carbons (Fsp3) is 0.256. The topological polar surface area (TPSA) is 44.9 Å². The average molecular weight is 826 g/mol. The molecule has 0 saturated carbocycles. The Bertz CT molecular complexity index is 2200. The molecule has 0 fully saturated rings. The zero-order valence-electron chi connectivity index (χ0n) is 29.0. The van der Waals surface area contributed by atoms with Crippen molar-refractivity contribution in [2.75, 3.05) is 0 Å². The molecular weight excluding hydrogens is 784 g/mol. The van der Waals surface area contributed by atoms with Crippen LogP contribution in [0.2, 0.25) is 0 Å². The number of pyridine rings is 1. The summed E-state index contributed by atoms with van der Waals surface area (Å²) in [5, 5.41) is 7.05. The Hall–Kier alpha value is -4.47. The van der Waals surface area contributed by atoms with Gasteiger partial charge in [0.1, 0.15) is 5.82 Å². The predicted molar refractivity (Wildman–Crippen MR) is 196 cm³/mol. The number of hydrogen-bond acceptors (Lipinski definition) is 3. The van der Waals surface area contributed by atoms with Crippen LogP contribution < -0.4 is 4.74 Å². The van der Waals surface area contributed by atoms with Crippen LogP contribution in [0, 0.1) is 24.0 Å². The number of aromatic nitrogens is 4. The summed E-state index contributed by atoms with van der Waals surface area (Å²) < 4.78 is 10.5. The van der Waals surface area contributed by atoms with Crippen LogP contribution in [0.5, 0.6) is 11.5 Å². The number of rotatable bonds is 10. The van der Waals surface area contributed by atoms with Crippen molar-refractivity contribution in [2.24, 2.45) is 11.8 Å². The van der Waals surface area contributed by atoms with E-state index in [0.29, 0.717) is 29.3 Å². The molecule has 7 aromatic rings. The van der Waals surface area contributed by atoms with Gasteiger partial charge in [0.05, 0.1) is 6.20 Å². The summed E-state index contributed by atoms with van der Waals surface area (Å²) in [6, 6.07) is 36.4. The second kappa shape index (κ2) is 14.6. The first kappa shape index (κ1) is 34.4. The molecular formula is C43H42N4OPt. The van der Waals surface area contributed by atoms with E-state index in [2.05, 4.69) is 125 Å². The van der Waals surface area contributed by atoms with Crippen LogP contribution >= 0.6 is 0 Å². The minimum atomic E-state index is 0. The van der Waals surface area contributed by atoms with Crippen molar-refractivity contribution in [1.82, 2.24) is 19.3 Å². The largest absolute Gasteiger partial charge is 2.00 e. The summed E-state index contributed by atoms with van der Waals surface area (Å²) >= 11 is 0. The summed E-state index contributed by atoms with van der Waals surface area (Å²) in [7, 11) is 0. The van der Waals surface area contributed by atoms with Crippen molar-refractivity contribution in [3.05, 3.63) is 132 Å². The van der Waals surface area contributed by atoms with E-state index in [1.807, 2.05) is 41.3 Å². The Morgan fingerprint density at radius 2 is 1.45 bits per heavy atom. The molecule has 3 aromatic heterocycles. The zero-order valence-corrected chi connectivity index (χ0v) is 31.2. The van der Waals surface area contributed by atoms with Gasteiger partial charge >= 0.3 is 21.1 Å². The Labute approximate surface area is 304 Å². The molecule has 7 rings (SSSR count). The van der Waals surface area contributed by atoms with Gasteiger partial charge in [-0.2, -0.15) is 17.2 Å². The van der Waals surface area contributed by atoms with Crippen LogP contribution in [0.1, 0.15) is 64.2 Å². The van der Waals surface area contributed by atoms with Crippen molar-refractivity contribution in [1.29, 1.82) is 0 Å². The van der Waals surface area contributed by atoms with Crippen molar-refractivity contribution in [3.8, 4) is 34.1 Å². The second-order valence-electron chi connectivity index (χ2n) is 13.9. The number of benzene rings is 4. The van der Waals surface area contributed by atoms with Gasteiger partial charge in [-0.1, -0.05) is 83.5 Å². The molecule has 0 aliphatic rings. The summed E-state index contributed by atoms with van der Waals surface area (Å²) in [5.74, 6) is 3.61. The number of nitrogens with zero attached hydrogens (tertiary/aromatic N) is 4. The van der Waals surface area contributed by atoms with Gasteiger partial charge in [0.2, 0.25) is 0 Å². The fourth-order valence-corrected chi connectivity index (χ4v) is 6.66. The number of hydrogen-bond donors (Lipinski definition) is 0. The molecule has 250 valence electrons. The fourth-order valence-electron chi connectivity index (χ4n) is 6.66. The molecule has 0 unspecified atom stereocenters. The maximum absolute atomic E-state index is 6.43. The molecule has 0 saturated heterocycles. The molecule has 49 heavy (non-hydrogen) atoms. The van der Waals surface area contributed by atoms with Gasteiger partial charge in [-0.05, 0) is 82.1 Å². The van der Waals surface area contributed by atoms with E-state index in [-0.39, 0.29) is 21.1 Å². The van der Waals surface area contributed by atoms with E-state index in [1.165, 1.54) is 22.3 Å². The third kappa shape index (κ3) is 7.14. The molecule has 5 nitrogen and oxygen atoms in total. The third-order valence-corrected chi connectivity index (χ3v) is 8.81. The smallest absolute Gasteiger partial charge is 0.509 e. The zero-order chi connectivity index (χ0) is 33.4. The average Bonchev–Trinajstić information content (AvgIpc) is 3.68. The minimum absolute atomic E-state index is 0. The summed E-state index contributed by atoms with van der Waals surface area (Å²) in [6.07, 6.45) is 8.04. The molecule has 3 heterocycles.